The SMILES string of the molecule is C[C@@H]1[C@@H](C)C(C)(C)[C@@H](C)C[C@H]1Nc1cnn(CC(=O)NCc2ccc(F)c(C(F)(F)F)c2)c(=O)c1Br. The zero-order valence-electron chi connectivity index (χ0n) is 20.8. The maximum Gasteiger partial charge on any atom is 0.419 e. The minimum absolute atomic E-state index is 0.0753. The van der Waals surface area contributed by atoms with Gasteiger partial charge in [-0.1, -0.05) is 40.7 Å². The van der Waals surface area contributed by atoms with Crippen molar-refractivity contribution in [3.63, 3.8) is 0 Å². The lowest BCUT2D eigenvalue weighted by Crippen LogP contribution is -2.48. The Hall–Kier alpha value is -2.43. The molecule has 2 N–H and O–H groups in total. The van der Waals surface area contributed by atoms with E-state index in [0.717, 1.165) is 17.2 Å². The van der Waals surface area contributed by atoms with Gasteiger partial charge in [0.2, 0.25) is 5.91 Å². The van der Waals surface area contributed by atoms with Crippen LogP contribution < -0.4 is 16.2 Å². The number of benzene rings is 1. The number of nitrogens with one attached hydrogen (secondary N) is 2. The van der Waals surface area contributed by atoms with Gasteiger partial charge in [0.25, 0.3) is 5.56 Å². The van der Waals surface area contributed by atoms with Crippen molar-refractivity contribution in [3.8, 4) is 0 Å². The fourth-order valence-electron chi connectivity index (χ4n) is 4.73. The number of nitrogens with zero attached hydrogens (tertiary/aromatic N) is 2. The molecular formula is C25H31BrF4N4O2. The summed E-state index contributed by atoms with van der Waals surface area (Å²) in [6.45, 7) is 10.6. The maximum absolute atomic E-state index is 13.4. The average molecular weight is 575 g/mol. The molecule has 1 amide bonds. The molecule has 1 aromatic carbocycles. The number of alkyl halides is 3. The molecule has 1 fully saturated rings. The van der Waals surface area contributed by atoms with Crippen LogP contribution >= 0.6 is 15.9 Å². The topological polar surface area (TPSA) is 76.0 Å². The van der Waals surface area contributed by atoms with E-state index in [1.54, 1.807) is 0 Å². The van der Waals surface area contributed by atoms with Crippen molar-refractivity contribution in [1.82, 2.24) is 15.1 Å². The number of amides is 1. The minimum Gasteiger partial charge on any atom is -0.380 e. The predicted octanol–water partition coefficient (Wildman–Crippen LogP) is 5.60. The van der Waals surface area contributed by atoms with Crippen LogP contribution in [0.5, 0.6) is 0 Å². The molecule has 1 aliphatic rings. The van der Waals surface area contributed by atoms with Crippen molar-refractivity contribution < 1.29 is 22.4 Å². The Bertz CT molecular complexity index is 1180. The number of carbonyl (C=O) groups is 1. The van der Waals surface area contributed by atoms with Gasteiger partial charge in [-0.3, -0.25) is 9.59 Å². The molecule has 2 aromatic rings. The van der Waals surface area contributed by atoms with Crippen molar-refractivity contribution in [1.29, 1.82) is 0 Å². The van der Waals surface area contributed by atoms with Crippen LogP contribution in [0.15, 0.2) is 33.7 Å². The smallest absolute Gasteiger partial charge is 0.380 e. The van der Waals surface area contributed by atoms with E-state index in [-0.39, 0.29) is 28.0 Å². The van der Waals surface area contributed by atoms with Gasteiger partial charge in [-0.25, -0.2) is 9.07 Å². The first-order valence-corrected chi connectivity index (χ1v) is 12.6. The van der Waals surface area contributed by atoms with Crippen molar-refractivity contribution in [3.05, 3.63) is 56.2 Å². The molecule has 1 aromatic heterocycles. The molecule has 0 bridgehead atoms. The maximum atomic E-state index is 13.4. The summed E-state index contributed by atoms with van der Waals surface area (Å²) in [5.74, 6) is -0.711. The zero-order valence-corrected chi connectivity index (χ0v) is 22.4. The average Bonchev–Trinajstić information content (AvgIpc) is 2.79. The van der Waals surface area contributed by atoms with Gasteiger partial charge in [0.15, 0.2) is 0 Å². The standard InChI is InChI=1S/C25H31BrF4N4O2/c1-13-8-19(14(2)15(3)24(13,4)5)33-20-11-32-34(23(36)22(20)26)12-21(35)31-10-16-6-7-18(27)17(9-16)25(28,29)30/h6-7,9,11,13-15,19,33H,8,10,12H2,1-5H3,(H,31,35)/t13-,14+,15+,19+/m0/s1. The highest BCUT2D eigenvalue weighted by molar-refractivity contribution is 9.10. The molecule has 0 spiro atoms. The normalized spacial score (nSPS) is 23.8. The summed E-state index contributed by atoms with van der Waals surface area (Å²) in [5.41, 5.74) is -1.10. The molecule has 1 aliphatic carbocycles. The van der Waals surface area contributed by atoms with Crippen LogP contribution in [0.25, 0.3) is 0 Å². The minimum atomic E-state index is -4.84. The molecule has 0 aliphatic heterocycles. The Morgan fingerprint density at radius 3 is 2.56 bits per heavy atom. The van der Waals surface area contributed by atoms with E-state index in [9.17, 15) is 27.2 Å². The predicted molar refractivity (Wildman–Crippen MR) is 133 cm³/mol. The lowest BCUT2D eigenvalue weighted by Gasteiger charge is -2.50. The lowest BCUT2D eigenvalue weighted by atomic mass is 9.58. The Morgan fingerprint density at radius 1 is 1.25 bits per heavy atom. The van der Waals surface area contributed by atoms with Crippen LogP contribution in [0.2, 0.25) is 0 Å². The van der Waals surface area contributed by atoms with Crippen molar-refractivity contribution in [2.75, 3.05) is 5.32 Å². The van der Waals surface area contributed by atoms with Crippen molar-refractivity contribution in [2.45, 2.75) is 66.3 Å². The third kappa shape index (κ3) is 5.92. The van der Waals surface area contributed by atoms with Gasteiger partial charge >= 0.3 is 6.18 Å². The van der Waals surface area contributed by atoms with Gasteiger partial charge < -0.3 is 10.6 Å². The fourth-order valence-corrected chi connectivity index (χ4v) is 5.16. The zero-order chi connectivity index (χ0) is 27.0. The summed E-state index contributed by atoms with van der Waals surface area (Å²) >= 11 is 3.32. The summed E-state index contributed by atoms with van der Waals surface area (Å²) < 4.78 is 53.3. The van der Waals surface area contributed by atoms with Gasteiger partial charge in [0.1, 0.15) is 16.8 Å². The third-order valence-corrected chi connectivity index (χ3v) is 8.69. The summed E-state index contributed by atoms with van der Waals surface area (Å²) in [6, 6.07) is 2.65. The summed E-state index contributed by atoms with van der Waals surface area (Å²) in [6.07, 6.45) is -2.42. The van der Waals surface area contributed by atoms with Crippen LogP contribution in [0.3, 0.4) is 0 Å². The molecular weight excluding hydrogens is 544 g/mol. The molecule has 36 heavy (non-hydrogen) atoms. The van der Waals surface area contributed by atoms with Gasteiger partial charge in [-0.2, -0.15) is 18.3 Å². The van der Waals surface area contributed by atoms with Gasteiger partial charge in [-0.05, 0) is 63.2 Å². The second-order valence-corrected chi connectivity index (χ2v) is 11.1. The summed E-state index contributed by atoms with van der Waals surface area (Å²) in [5, 5.41) is 9.98. The largest absolute Gasteiger partial charge is 0.419 e. The molecule has 0 radical (unpaired) electrons. The summed E-state index contributed by atoms with van der Waals surface area (Å²) in [4.78, 5) is 25.2. The van der Waals surface area contributed by atoms with Crippen LogP contribution in [0.4, 0.5) is 23.2 Å². The molecule has 1 heterocycles. The van der Waals surface area contributed by atoms with Crippen LogP contribution in [0.1, 0.15) is 52.2 Å². The third-order valence-electron chi connectivity index (χ3n) is 7.92. The van der Waals surface area contributed by atoms with E-state index in [4.69, 9.17) is 0 Å². The second-order valence-electron chi connectivity index (χ2n) is 10.3. The van der Waals surface area contributed by atoms with E-state index in [2.05, 4.69) is 66.3 Å². The molecule has 1 saturated carbocycles. The number of hydrogen-bond acceptors (Lipinski definition) is 4. The first-order valence-electron chi connectivity index (χ1n) is 11.8. The van der Waals surface area contributed by atoms with E-state index >= 15 is 0 Å². The van der Waals surface area contributed by atoms with Crippen molar-refractivity contribution in [2.24, 2.45) is 23.2 Å². The highest BCUT2D eigenvalue weighted by atomic mass is 79.9. The monoisotopic (exact) mass is 574 g/mol. The second kappa shape index (κ2) is 10.5. The number of halogens is 5. The molecule has 11 heteroatoms. The number of hydrogen-bond donors (Lipinski definition) is 2. The molecule has 4 atom stereocenters. The first kappa shape index (κ1) is 28.1. The highest BCUT2D eigenvalue weighted by Crippen LogP contribution is 2.48. The molecule has 3 rings (SSSR count). The Labute approximate surface area is 216 Å². The fraction of sp³-hybridized carbons (Fsp3) is 0.560. The lowest BCUT2D eigenvalue weighted by molar-refractivity contribution is -0.140. The molecule has 0 unspecified atom stereocenters. The highest BCUT2D eigenvalue weighted by Gasteiger charge is 2.43. The molecule has 6 nitrogen and oxygen atoms in total. The Morgan fingerprint density at radius 2 is 1.92 bits per heavy atom. The Kier molecular flexibility index (Phi) is 8.22. The quantitative estimate of drug-likeness (QED) is 0.440. The van der Waals surface area contributed by atoms with E-state index in [1.165, 1.54) is 6.20 Å². The molecule has 198 valence electrons. The number of carbonyl (C=O) groups excluding carboxylic acids is 1. The van der Waals surface area contributed by atoms with Crippen LogP contribution in [0, 0.1) is 29.0 Å². The number of aromatic nitrogens is 2. The van der Waals surface area contributed by atoms with Crippen LogP contribution in [-0.4, -0.2) is 21.7 Å². The van der Waals surface area contributed by atoms with Crippen molar-refractivity contribution >= 4 is 27.5 Å². The van der Waals surface area contributed by atoms with E-state index in [0.29, 0.717) is 35.6 Å². The van der Waals surface area contributed by atoms with Crippen LogP contribution in [-0.2, 0) is 24.1 Å². The number of rotatable bonds is 6. The summed E-state index contributed by atoms with van der Waals surface area (Å²) in [7, 11) is 0. The van der Waals surface area contributed by atoms with Gasteiger partial charge in [0.05, 0.1) is 17.4 Å². The molecule has 0 saturated heterocycles. The Balaban J connectivity index is 1.66. The number of anilines is 1. The first-order chi connectivity index (χ1) is 16.6. The van der Waals surface area contributed by atoms with E-state index < -0.39 is 35.6 Å². The van der Waals surface area contributed by atoms with Gasteiger partial charge in [-0.15, -0.1) is 0 Å². The van der Waals surface area contributed by atoms with Gasteiger partial charge in [0, 0.05) is 12.6 Å². The van der Waals surface area contributed by atoms with E-state index in [1.807, 2.05) is 0 Å².